The molecule has 1 heterocycles. The fourth-order valence-corrected chi connectivity index (χ4v) is 6.25. The zero-order chi connectivity index (χ0) is 21.4. The first-order valence-electron chi connectivity index (χ1n) is 9.68. The number of hydrogen-bond acceptors (Lipinski definition) is 4. The summed E-state index contributed by atoms with van der Waals surface area (Å²) in [4.78, 5) is 0.235. The lowest BCUT2D eigenvalue weighted by molar-refractivity contribution is 0.281. The number of rotatable bonds is 5. The quantitative estimate of drug-likeness (QED) is 0.706. The molecule has 29 heavy (non-hydrogen) atoms. The molecule has 0 amide bonds. The number of benzene rings is 2. The third-order valence-electron chi connectivity index (χ3n) is 5.62. The zero-order valence-corrected chi connectivity index (χ0v) is 18.4. The Labute approximate surface area is 172 Å². The number of halogens is 1. The summed E-state index contributed by atoms with van der Waals surface area (Å²) in [6.07, 6.45) is 1.37. The fourth-order valence-electron chi connectivity index (χ4n) is 3.54. The van der Waals surface area contributed by atoms with E-state index in [-0.39, 0.29) is 23.2 Å². The summed E-state index contributed by atoms with van der Waals surface area (Å²) in [6, 6.07) is 10.9. The topological polar surface area (TPSA) is 71.5 Å². The van der Waals surface area contributed by atoms with Crippen LogP contribution >= 0.6 is 0 Å². The van der Waals surface area contributed by atoms with Gasteiger partial charge in [0.1, 0.15) is 5.82 Å². The van der Waals surface area contributed by atoms with Gasteiger partial charge in [-0.05, 0) is 56.0 Å². The Morgan fingerprint density at radius 2 is 1.66 bits per heavy atom. The van der Waals surface area contributed by atoms with Crippen molar-refractivity contribution in [1.29, 1.82) is 0 Å². The number of hydrogen-bond donors (Lipinski definition) is 0. The van der Waals surface area contributed by atoms with Crippen LogP contribution < -0.4 is 0 Å². The molecule has 3 rings (SSSR count). The van der Waals surface area contributed by atoms with Gasteiger partial charge in [-0.15, -0.1) is 0 Å². The lowest BCUT2D eigenvalue weighted by Crippen LogP contribution is -2.47. The van der Waals surface area contributed by atoms with Crippen molar-refractivity contribution in [1.82, 2.24) is 4.31 Å². The van der Waals surface area contributed by atoms with Gasteiger partial charge in [0.25, 0.3) is 0 Å². The Bertz CT molecular complexity index is 1100. The average Bonchev–Trinajstić information content (AvgIpc) is 2.69. The molecule has 2 atom stereocenters. The lowest BCUT2D eigenvalue weighted by Gasteiger charge is -2.36. The standard InChI is InChI=1S/C21H26FNO4S2/c1-4-28(24,25)20-11-9-17(10-12-20)18-7-8-19(21(22)13-18)14-23-15(2)5-6-16(3)29(23,26)27/h7-13,15-16H,4-6,14H2,1-3H3/t15-,16?/m0/s1. The molecule has 1 aliphatic rings. The van der Waals surface area contributed by atoms with E-state index in [9.17, 15) is 21.2 Å². The summed E-state index contributed by atoms with van der Waals surface area (Å²) in [5.41, 5.74) is 1.62. The first-order valence-corrected chi connectivity index (χ1v) is 12.8. The maximum absolute atomic E-state index is 14.8. The summed E-state index contributed by atoms with van der Waals surface area (Å²) in [7, 11) is -6.73. The van der Waals surface area contributed by atoms with Crippen LogP contribution in [0.3, 0.4) is 0 Å². The van der Waals surface area contributed by atoms with Crippen molar-refractivity contribution in [2.45, 2.75) is 56.3 Å². The molecular formula is C21H26FNO4S2. The van der Waals surface area contributed by atoms with E-state index < -0.39 is 30.9 Å². The third kappa shape index (κ3) is 4.39. The van der Waals surface area contributed by atoms with E-state index in [4.69, 9.17) is 0 Å². The summed E-state index contributed by atoms with van der Waals surface area (Å²) in [5, 5.41) is -0.459. The number of sulfonamides is 1. The van der Waals surface area contributed by atoms with Crippen LogP contribution in [0.15, 0.2) is 47.4 Å². The Morgan fingerprint density at radius 1 is 1.03 bits per heavy atom. The highest BCUT2D eigenvalue weighted by Crippen LogP contribution is 2.30. The van der Waals surface area contributed by atoms with E-state index >= 15 is 0 Å². The summed E-state index contributed by atoms with van der Waals surface area (Å²) >= 11 is 0. The number of nitrogens with zero attached hydrogens (tertiary/aromatic N) is 1. The normalized spacial score (nSPS) is 22.5. The minimum atomic E-state index is -3.44. The molecule has 0 aliphatic carbocycles. The molecule has 0 N–H and O–H groups in total. The molecule has 0 saturated carbocycles. The van der Waals surface area contributed by atoms with Gasteiger partial charge in [0.05, 0.1) is 15.9 Å². The average molecular weight is 440 g/mol. The van der Waals surface area contributed by atoms with Gasteiger partial charge in [0.15, 0.2) is 9.84 Å². The largest absolute Gasteiger partial charge is 0.224 e. The Balaban J connectivity index is 1.86. The third-order valence-corrected chi connectivity index (χ3v) is 9.77. The SMILES string of the molecule is CCS(=O)(=O)c1ccc(-c2ccc(CN3[C@@H](C)CCC(C)S3(=O)=O)c(F)c2)cc1. The van der Waals surface area contributed by atoms with Gasteiger partial charge in [-0.3, -0.25) is 0 Å². The van der Waals surface area contributed by atoms with Crippen LogP contribution in [0.1, 0.15) is 39.2 Å². The summed E-state index contributed by atoms with van der Waals surface area (Å²) < 4.78 is 65.3. The zero-order valence-electron chi connectivity index (χ0n) is 16.8. The highest BCUT2D eigenvalue weighted by Gasteiger charge is 2.37. The Morgan fingerprint density at radius 3 is 2.24 bits per heavy atom. The van der Waals surface area contributed by atoms with Gasteiger partial charge in [-0.1, -0.05) is 31.2 Å². The molecule has 1 aliphatic heterocycles. The van der Waals surface area contributed by atoms with Crippen LogP contribution in [0.5, 0.6) is 0 Å². The van der Waals surface area contributed by atoms with Crippen LogP contribution in [0.4, 0.5) is 4.39 Å². The van der Waals surface area contributed by atoms with Gasteiger partial charge in [0.2, 0.25) is 10.0 Å². The van der Waals surface area contributed by atoms with Crippen molar-refractivity contribution in [2.75, 3.05) is 5.75 Å². The Kier molecular flexibility index (Phi) is 6.17. The van der Waals surface area contributed by atoms with Crippen molar-refractivity contribution in [3.8, 4) is 11.1 Å². The molecule has 0 radical (unpaired) electrons. The second kappa shape index (κ2) is 8.16. The molecule has 1 unspecified atom stereocenters. The first-order chi connectivity index (χ1) is 13.6. The van der Waals surface area contributed by atoms with Gasteiger partial charge < -0.3 is 0 Å². The van der Waals surface area contributed by atoms with Gasteiger partial charge >= 0.3 is 0 Å². The predicted molar refractivity (Wildman–Crippen MR) is 112 cm³/mol. The maximum Gasteiger partial charge on any atom is 0.217 e. The second-order valence-corrected chi connectivity index (χ2v) is 12.1. The molecule has 5 nitrogen and oxygen atoms in total. The first kappa shape index (κ1) is 21.9. The molecule has 2 aromatic rings. The van der Waals surface area contributed by atoms with Gasteiger partial charge in [0, 0.05) is 18.2 Å². The van der Waals surface area contributed by atoms with Crippen molar-refractivity contribution < 1.29 is 21.2 Å². The molecule has 1 saturated heterocycles. The maximum atomic E-state index is 14.8. The van der Waals surface area contributed by atoms with Crippen LogP contribution in [0, 0.1) is 5.82 Å². The molecule has 0 spiro atoms. The summed E-state index contributed by atoms with van der Waals surface area (Å²) in [6.45, 7) is 5.13. The van der Waals surface area contributed by atoms with Gasteiger partial charge in [-0.25, -0.2) is 21.2 Å². The molecule has 1 fully saturated rings. The van der Waals surface area contributed by atoms with Crippen molar-refractivity contribution in [2.24, 2.45) is 0 Å². The van der Waals surface area contributed by atoms with Crippen LogP contribution in [-0.2, 0) is 26.4 Å². The van der Waals surface area contributed by atoms with Crippen LogP contribution in [-0.4, -0.2) is 38.2 Å². The highest BCUT2D eigenvalue weighted by molar-refractivity contribution is 7.91. The van der Waals surface area contributed by atoms with Crippen molar-refractivity contribution >= 4 is 19.9 Å². The minimum Gasteiger partial charge on any atom is -0.224 e. The minimum absolute atomic E-state index is 0.00757. The fraction of sp³-hybridized carbons (Fsp3) is 0.429. The van der Waals surface area contributed by atoms with E-state index in [1.54, 1.807) is 38.1 Å². The molecular weight excluding hydrogens is 413 g/mol. The molecule has 0 bridgehead atoms. The molecule has 2 aromatic carbocycles. The van der Waals surface area contributed by atoms with E-state index in [0.717, 1.165) is 6.42 Å². The lowest BCUT2D eigenvalue weighted by atomic mass is 10.0. The molecule has 0 aromatic heterocycles. The monoisotopic (exact) mass is 439 g/mol. The van der Waals surface area contributed by atoms with E-state index in [1.165, 1.54) is 22.5 Å². The van der Waals surface area contributed by atoms with Gasteiger partial charge in [-0.2, -0.15) is 4.31 Å². The van der Waals surface area contributed by atoms with Crippen LogP contribution in [0.2, 0.25) is 0 Å². The Hall–Kier alpha value is -1.77. The predicted octanol–water partition coefficient (Wildman–Crippen LogP) is 3.99. The van der Waals surface area contributed by atoms with E-state index in [0.29, 0.717) is 23.1 Å². The second-order valence-electron chi connectivity index (χ2n) is 7.56. The van der Waals surface area contributed by atoms with Crippen molar-refractivity contribution in [3.63, 3.8) is 0 Å². The smallest absolute Gasteiger partial charge is 0.217 e. The van der Waals surface area contributed by atoms with E-state index in [1.807, 2.05) is 6.92 Å². The van der Waals surface area contributed by atoms with E-state index in [2.05, 4.69) is 0 Å². The molecule has 8 heteroatoms. The molecule has 158 valence electrons. The highest BCUT2D eigenvalue weighted by atomic mass is 32.2. The van der Waals surface area contributed by atoms with Crippen molar-refractivity contribution in [3.05, 3.63) is 53.8 Å². The van der Waals surface area contributed by atoms with Crippen LogP contribution in [0.25, 0.3) is 11.1 Å². The summed E-state index contributed by atoms with van der Waals surface area (Å²) in [5.74, 6) is -0.458. The number of sulfone groups is 1.